The number of rotatable bonds is 5. The third-order valence-corrected chi connectivity index (χ3v) is 4.17. The highest BCUT2D eigenvalue weighted by Crippen LogP contribution is 2.19. The molecule has 0 saturated carbocycles. The highest BCUT2D eigenvalue weighted by Gasteiger charge is 2.13. The van der Waals surface area contributed by atoms with E-state index in [4.69, 9.17) is 4.74 Å². The van der Waals surface area contributed by atoms with Crippen molar-refractivity contribution in [2.45, 2.75) is 13.0 Å². The fraction of sp³-hybridized carbons (Fsp3) is 0.500. The number of nitrogens with one attached hydrogen (secondary N) is 2. The molecule has 1 aromatic carbocycles. The monoisotopic (exact) mass is 306 g/mol. The lowest BCUT2D eigenvalue weighted by Crippen LogP contribution is -2.24. The van der Waals surface area contributed by atoms with Gasteiger partial charge in [-0.2, -0.15) is 0 Å². The van der Waals surface area contributed by atoms with Crippen LogP contribution in [0.5, 0.6) is 0 Å². The normalized spacial score (nSPS) is 14.4. The number of halogens is 1. The molecule has 19 heavy (non-hydrogen) atoms. The van der Waals surface area contributed by atoms with E-state index in [1.807, 2.05) is 12.1 Å². The molecular formula is C12H19ClN2O3S. The van der Waals surface area contributed by atoms with E-state index in [1.54, 1.807) is 6.07 Å². The first-order valence-electron chi connectivity index (χ1n) is 5.93. The van der Waals surface area contributed by atoms with E-state index in [0.717, 1.165) is 19.5 Å². The molecule has 0 aromatic heterocycles. The van der Waals surface area contributed by atoms with Crippen molar-refractivity contribution in [3.63, 3.8) is 0 Å². The maximum absolute atomic E-state index is 11.7. The van der Waals surface area contributed by atoms with Crippen LogP contribution in [0.3, 0.4) is 0 Å². The van der Waals surface area contributed by atoms with Gasteiger partial charge in [0.05, 0.1) is 12.4 Å². The second-order valence-corrected chi connectivity index (χ2v) is 6.17. The Morgan fingerprint density at radius 3 is 2.89 bits per heavy atom. The molecule has 0 fully saturated rings. The van der Waals surface area contributed by atoms with Crippen LogP contribution >= 0.6 is 12.4 Å². The average Bonchev–Trinajstić information content (AvgIpc) is 2.36. The summed E-state index contributed by atoms with van der Waals surface area (Å²) in [7, 11) is -1.83. The Morgan fingerprint density at radius 1 is 1.37 bits per heavy atom. The Morgan fingerprint density at radius 2 is 2.16 bits per heavy atom. The maximum Gasteiger partial charge on any atom is 0.234 e. The minimum absolute atomic E-state index is 0. The van der Waals surface area contributed by atoms with Crippen molar-refractivity contribution in [1.29, 1.82) is 0 Å². The van der Waals surface area contributed by atoms with E-state index < -0.39 is 10.0 Å². The van der Waals surface area contributed by atoms with Crippen molar-refractivity contribution in [2.24, 2.45) is 0 Å². The minimum Gasteiger partial charge on any atom is -0.384 e. The van der Waals surface area contributed by atoms with Gasteiger partial charge in [0, 0.05) is 19.3 Å². The van der Waals surface area contributed by atoms with E-state index in [0.29, 0.717) is 5.69 Å². The summed E-state index contributed by atoms with van der Waals surface area (Å²) < 4.78 is 30.8. The van der Waals surface area contributed by atoms with Crippen molar-refractivity contribution in [3.05, 3.63) is 29.3 Å². The average molecular weight is 307 g/mol. The fourth-order valence-electron chi connectivity index (χ4n) is 1.96. The second-order valence-electron chi connectivity index (χ2n) is 4.32. The zero-order valence-corrected chi connectivity index (χ0v) is 12.4. The van der Waals surface area contributed by atoms with E-state index in [1.165, 1.54) is 18.2 Å². The van der Waals surface area contributed by atoms with Gasteiger partial charge in [-0.3, -0.25) is 4.72 Å². The molecule has 1 aromatic rings. The van der Waals surface area contributed by atoms with Gasteiger partial charge in [0.2, 0.25) is 10.0 Å². The zero-order valence-electron chi connectivity index (χ0n) is 10.8. The standard InChI is InChI=1S/C12H18N2O3S.ClH/c1-17-6-7-18(15,16)14-12-3-2-11-9-13-5-4-10(11)8-12;/h2-3,8,13-14H,4-7,9H2,1H3;1H. The lowest BCUT2D eigenvalue weighted by molar-refractivity contribution is 0.217. The largest absolute Gasteiger partial charge is 0.384 e. The molecule has 0 atom stereocenters. The molecule has 7 heteroatoms. The summed E-state index contributed by atoms with van der Waals surface area (Å²) in [5, 5.41) is 3.28. The first kappa shape index (κ1) is 16.2. The maximum atomic E-state index is 11.7. The Bertz CT molecular complexity index is 520. The van der Waals surface area contributed by atoms with Gasteiger partial charge in [-0.15, -0.1) is 12.4 Å². The van der Waals surface area contributed by atoms with Crippen LogP contribution in [0.25, 0.3) is 0 Å². The highest BCUT2D eigenvalue weighted by atomic mass is 35.5. The minimum atomic E-state index is -3.31. The van der Waals surface area contributed by atoms with Gasteiger partial charge in [-0.1, -0.05) is 6.07 Å². The third kappa shape index (κ3) is 4.65. The molecule has 0 amide bonds. The zero-order chi connectivity index (χ0) is 13.0. The molecule has 0 unspecified atom stereocenters. The van der Waals surface area contributed by atoms with E-state index in [2.05, 4.69) is 10.0 Å². The number of fused-ring (bicyclic) bond motifs is 1. The molecular weight excluding hydrogens is 288 g/mol. The van der Waals surface area contributed by atoms with Crippen LogP contribution in [-0.2, 0) is 27.7 Å². The molecule has 2 N–H and O–H groups in total. The molecule has 0 saturated heterocycles. The Balaban J connectivity index is 0.00000180. The molecule has 0 bridgehead atoms. The summed E-state index contributed by atoms with van der Waals surface area (Å²) in [6.07, 6.45) is 0.934. The predicted octanol–water partition coefficient (Wildman–Crippen LogP) is 1.14. The summed E-state index contributed by atoms with van der Waals surface area (Å²) in [5.41, 5.74) is 3.08. The Hall–Kier alpha value is -0.820. The fourth-order valence-corrected chi connectivity index (χ4v) is 2.94. The van der Waals surface area contributed by atoms with E-state index in [-0.39, 0.29) is 24.8 Å². The van der Waals surface area contributed by atoms with Crippen LogP contribution in [0.4, 0.5) is 5.69 Å². The number of hydrogen-bond acceptors (Lipinski definition) is 4. The number of anilines is 1. The van der Waals surface area contributed by atoms with E-state index in [9.17, 15) is 8.42 Å². The van der Waals surface area contributed by atoms with Crippen molar-refractivity contribution < 1.29 is 13.2 Å². The summed E-state index contributed by atoms with van der Waals surface area (Å²) in [6, 6.07) is 5.69. The van der Waals surface area contributed by atoms with Crippen molar-refractivity contribution in [1.82, 2.24) is 5.32 Å². The van der Waals surface area contributed by atoms with Crippen LogP contribution in [0.2, 0.25) is 0 Å². The lowest BCUT2D eigenvalue weighted by Gasteiger charge is -2.18. The number of hydrogen-bond donors (Lipinski definition) is 2. The lowest BCUT2D eigenvalue weighted by atomic mass is 10.0. The number of ether oxygens (including phenoxy) is 1. The van der Waals surface area contributed by atoms with Crippen LogP contribution < -0.4 is 10.0 Å². The number of benzene rings is 1. The Labute approximate surface area is 120 Å². The summed E-state index contributed by atoms with van der Waals surface area (Å²) in [6.45, 7) is 1.99. The second kappa shape index (κ2) is 7.09. The van der Waals surface area contributed by atoms with Crippen LogP contribution in [0, 0.1) is 0 Å². The molecule has 0 radical (unpaired) electrons. The molecule has 0 aliphatic carbocycles. The molecule has 1 aliphatic heterocycles. The number of sulfonamides is 1. The van der Waals surface area contributed by atoms with Gasteiger partial charge in [0.25, 0.3) is 0 Å². The highest BCUT2D eigenvalue weighted by molar-refractivity contribution is 7.92. The van der Waals surface area contributed by atoms with Gasteiger partial charge in [0.1, 0.15) is 0 Å². The van der Waals surface area contributed by atoms with Gasteiger partial charge < -0.3 is 10.1 Å². The van der Waals surface area contributed by atoms with E-state index >= 15 is 0 Å². The SMILES string of the molecule is COCCS(=O)(=O)Nc1ccc2c(c1)CCNC2.Cl. The molecule has 2 rings (SSSR count). The molecule has 0 spiro atoms. The summed E-state index contributed by atoms with van der Waals surface area (Å²) >= 11 is 0. The smallest absolute Gasteiger partial charge is 0.234 e. The molecule has 108 valence electrons. The first-order valence-corrected chi connectivity index (χ1v) is 7.58. The first-order chi connectivity index (χ1) is 8.61. The van der Waals surface area contributed by atoms with Gasteiger partial charge in [0.15, 0.2) is 0 Å². The molecule has 1 aliphatic rings. The topological polar surface area (TPSA) is 67.4 Å². The summed E-state index contributed by atoms with van der Waals surface area (Å²) in [4.78, 5) is 0. The van der Waals surface area contributed by atoms with Crippen molar-refractivity contribution in [2.75, 3.05) is 30.7 Å². The predicted molar refractivity (Wildman–Crippen MR) is 78.4 cm³/mol. The number of methoxy groups -OCH3 is 1. The van der Waals surface area contributed by atoms with Gasteiger partial charge >= 0.3 is 0 Å². The van der Waals surface area contributed by atoms with Gasteiger partial charge in [-0.05, 0) is 36.2 Å². The van der Waals surface area contributed by atoms with Crippen molar-refractivity contribution >= 4 is 28.1 Å². The molecule has 5 nitrogen and oxygen atoms in total. The van der Waals surface area contributed by atoms with Crippen LogP contribution in [0.1, 0.15) is 11.1 Å². The molecule has 1 heterocycles. The van der Waals surface area contributed by atoms with Crippen LogP contribution in [-0.4, -0.2) is 34.4 Å². The Kier molecular flexibility index (Phi) is 6.06. The quantitative estimate of drug-likeness (QED) is 0.856. The van der Waals surface area contributed by atoms with Crippen molar-refractivity contribution in [3.8, 4) is 0 Å². The van der Waals surface area contributed by atoms with Crippen LogP contribution in [0.15, 0.2) is 18.2 Å². The third-order valence-electron chi connectivity index (χ3n) is 2.92. The summed E-state index contributed by atoms with van der Waals surface area (Å²) in [5.74, 6) is -0.0257. The van der Waals surface area contributed by atoms with Gasteiger partial charge in [-0.25, -0.2) is 8.42 Å².